The highest BCUT2D eigenvalue weighted by Gasteiger charge is 2.23. The van der Waals surface area contributed by atoms with Crippen molar-refractivity contribution >= 4 is 0 Å². The van der Waals surface area contributed by atoms with Crippen LogP contribution in [0, 0.1) is 11.8 Å². The lowest BCUT2D eigenvalue weighted by Gasteiger charge is -2.27. The van der Waals surface area contributed by atoms with E-state index >= 15 is 0 Å². The average Bonchev–Trinajstić information content (AvgIpc) is 2.60. The molecule has 2 rings (SSSR count). The Morgan fingerprint density at radius 2 is 1.23 bits per heavy atom. The summed E-state index contributed by atoms with van der Waals surface area (Å²) in [5.41, 5.74) is 5.40. The number of aliphatic hydroxyl groups excluding tert-OH is 1. The smallest absolute Gasteiger partial charge is 0.0566 e. The zero-order chi connectivity index (χ0) is 19.3. The normalized spacial score (nSPS) is 13.4. The van der Waals surface area contributed by atoms with Crippen LogP contribution in [0.4, 0.5) is 0 Å². The van der Waals surface area contributed by atoms with E-state index in [0.717, 1.165) is 19.3 Å². The highest BCUT2D eigenvalue weighted by molar-refractivity contribution is 5.39. The number of aliphatic hydroxyl groups is 1. The van der Waals surface area contributed by atoms with Gasteiger partial charge in [0.2, 0.25) is 0 Å². The third-order valence-electron chi connectivity index (χ3n) is 5.49. The van der Waals surface area contributed by atoms with Crippen molar-refractivity contribution in [3.8, 4) is 0 Å². The van der Waals surface area contributed by atoms with Crippen LogP contribution in [0.25, 0.3) is 0 Å². The maximum Gasteiger partial charge on any atom is 0.0566 e. The Morgan fingerprint density at radius 3 is 1.65 bits per heavy atom. The molecule has 0 saturated carbocycles. The summed E-state index contributed by atoms with van der Waals surface area (Å²) < 4.78 is 0. The van der Waals surface area contributed by atoms with Crippen LogP contribution in [0.1, 0.15) is 70.2 Å². The van der Waals surface area contributed by atoms with E-state index in [2.05, 4.69) is 90.1 Å². The molecule has 0 fully saturated rings. The predicted molar refractivity (Wildman–Crippen MR) is 113 cm³/mol. The minimum absolute atomic E-state index is 0.00760. The topological polar surface area (TPSA) is 20.2 Å². The van der Waals surface area contributed by atoms with Crippen molar-refractivity contribution in [1.29, 1.82) is 0 Å². The molecular formula is C25H36O. The van der Waals surface area contributed by atoms with E-state index in [4.69, 9.17) is 0 Å². The van der Waals surface area contributed by atoms with Gasteiger partial charge in [-0.15, -0.1) is 0 Å². The monoisotopic (exact) mass is 352 g/mol. The number of aryl methyl sites for hydroxylation is 1. The molecule has 1 atom stereocenters. The second-order valence-electron chi connectivity index (χ2n) is 8.97. The Hall–Kier alpha value is -1.60. The maximum absolute atomic E-state index is 10.00. The third kappa shape index (κ3) is 5.45. The van der Waals surface area contributed by atoms with Crippen LogP contribution < -0.4 is 0 Å². The van der Waals surface area contributed by atoms with Gasteiger partial charge in [-0.1, -0.05) is 90.1 Å². The largest absolute Gasteiger partial charge is 0.393 e. The molecule has 26 heavy (non-hydrogen) atoms. The molecule has 0 radical (unpaired) electrons. The van der Waals surface area contributed by atoms with Gasteiger partial charge in [0.15, 0.2) is 0 Å². The van der Waals surface area contributed by atoms with Crippen molar-refractivity contribution < 1.29 is 5.11 Å². The molecule has 2 aromatic rings. The van der Waals surface area contributed by atoms with Crippen LogP contribution in [-0.4, -0.2) is 11.2 Å². The van der Waals surface area contributed by atoms with Crippen molar-refractivity contribution in [2.24, 2.45) is 11.8 Å². The van der Waals surface area contributed by atoms with E-state index in [1.165, 1.54) is 22.3 Å². The SMILES string of the molecule is CC(C)Cc1ccc(C(C)(C)c2ccc(CCC(O)C(C)C)cc2)cc1. The molecule has 0 heterocycles. The Balaban J connectivity index is 2.08. The van der Waals surface area contributed by atoms with Crippen LogP contribution in [0.5, 0.6) is 0 Å². The second kappa shape index (κ2) is 8.86. The summed E-state index contributed by atoms with van der Waals surface area (Å²) in [4.78, 5) is 0. The number of benzene rings is 2. The molecule has 0 aliphatic carbocycles. The van der Waals surface area contributed by atoms with Gasteiger partial charge in [-0.05, 0) is 53.4 Å². The van der Waals surface area contributed by atoms with Crippen LogP contribution in [0.15, 0.2) is 48.5 Å². The fraction of sp³-hybridized carbons (Fsp3) is 0.520. The summed E-state index contributed by atoms with van der Waals surface area (Å²) in [7, 11) is 0. The second-order valence-corrected chi connectivity index (χ2v) is 8.97. The number of hydrogen-bond donors (Lipinski definition) is 1. The molecule has 0 saturated heterocycles. The van der Waals surface area contributed by atoms with Gasteiger partial charge in [0, 0.05) is 5.41 Å². The lowest BCUT2D eigenvalue weighted by molar-refractivity contribution is 0.116. The van der Waals surface area contributed by atoms with Crippen molar-refractivity contribution in [2.45, 2.75) is 72.3 Å². The van der Waals surface area contributed by atoms with E-state index in [1.807, 2.05) is 0 Å². The fourth-order valence-electron chi connectivity index (χ4n) is 3.43. The first-order valence-corrected chi connectivity index (χ1v) is 10.1. The van der Waals surface area contributed by atoms with E-state index in [0.29, 0.717) is 11.8 Å². The predicted octanol–water partition coefficient (Wildman–Crippen LogP) is 6.16. The van der Waals surface area contributed by atoms with Crippen molar-refractivity contribution in [1.82, 2.24) is 0 Å². The van der Waals surface area contributed by atoms with Crippen LogP contribution >= 0.6 is 0 Å². The first kappa shape index (κ1) is 20.7. The average molecular weight is 353 g/mol. The lowest BCUT2D eigenvalue weighted by Crippen LogP contribution is -2.19. The zero-order valence-electron chi connectivity index (χ0n) is 17.4. The summed E-state index contributed by atoms with van der Waals surface area (Å²) in [5, 5.41) is 10.00. The minimum atomic E-state index is -0.213. The maximum atomic E-state index is 10.00. The van der Waals surface area contributed by atoms with Gasteiger partial charge in [0.1, 0.15) is 0 Å². The molecule has 1 nitrogen and oxygen atoms in total. The molecule has 0 aromatic heterocycles. The van der Waals surface area contributed by atoms with Gasteiger partial charge in [-0.25, -0.2) is 0 Å². The lowest BCUT2D eigenvalue weighted by atomic mass is 9.77. The molecule has 0 aliphatic rings. The molecule has 2 aromatic carbocycles. The Bertz CT molecular complexity index is 662. The molecule has 0 aliphatic heterocycles. The molecular weight excluding hydrogens is 316 g/mol. The van der Waals surface area contributed by atoms with E-state index in [-0.39, 0.29) is 11.5 Å². The van der Waals surface area contributed by atoms with Crippen LogP contribution in [0.2, 0.25) is 0 Å². The Kier molecular flexibility index (Phi) is 7.06. The van der Waals surface area contributed by atoms with Gasteiger partial charge in [-0.3, -0.25) is 0 Å². The number of hydrogen-bond acceptors (Lipinski definition) is 1. The summed E-state index contributed by atoms with van der Waals surface area (Å²) in [6.45, 7) is 13.3. The number of rotatable bonds is 8. The van der Waals surface area contributed by atoms with Crippen molar-refractivity contribution in [3.63, 3.8) is 0 Å². The van der Waals surface area contributed by atoms with Crippen molar-refractivity contribution in [2.75, 3.05) is 0 Å². The van der Waals surface area contributed by atoms with E-state index in [1.54, 1.807) is 0 Å². The van der Waals surface area contributed by atoms with Gasteiger partial charge in [0.25, 0.3) is 0 Å². The van der Waals surface area contributed by atoms with Crippen molar-refractivity contribution in [3.05, 3.63) is 70.8 Å². The standard InChI is InChI=1S/C25H36O/c1-18(2)17-21-9-14-23(15-10-21)25(5,6)22-12-7-20(8-13-22)11-16-24(26)19(3)4/h7-10,12-15,18-19,24,26H,11,16-17H2,1-6H3. The minimum Gasteiger partial charge on any atom is -0.393 e. The Labute approximate surface area is 160 Å². The van der Waals surface area contributed by atoms with Gasteiger partial charge < -0.3 is 5.11 Å². The molecule has 1 N–H and O–H groups in total. The van der Waals surface area contributed by atoms with Gasteiger partial charge >= 0.3 is 0 Å². The van der Waals surface area contributed by atoms with Crippen LogP contribution in [0.3, 0.4) is 0 Å². The first-order chi connectivity index (χ1) is 12.2. The highest BCUT2D eigenvalue weighted by atomic mass is 16.3. The van der Waals surface area contributed by atoms with Crippen LogP contribution in [-0.2, 0) is 18.3 Å². The molecule has 1 unspecified atom stereocenters. The van der Waals surface area contributed by atoms with Gasteiger partial charge in [-0.2, -0.15) is 0 Å². The quantitative estimate of drug-likeness (QED) is 0.603. The molecule has 1 heteroatoms. The highest BCUT2D eigenvalue weighted by Crippen LogP contribution is 2.32. The first-order valence-electron chi connectivity index (χ1n) is 10.1. The zero-order valence-corrected chi connectivity index (χ0v) is 17.4. The molecule has 0 bridgehead atoms. The third-order valence-corrected chi connectivity index (χ3v) is 5.49. The summed E-state index contributed by atoms with van der Waals surface area (Å²) >= 11 is 0. The molecule has 0 spiro atoms. The Morgan fingerprint density at radius 1 is 0.769 bits per heavy atom. The summed E-state index contributed by atoms with van der Waals surface area (Å²) in [5.74, 6) is 1.02. The molecule has 0 amide bonds. The fourth-order valence-corrected chi connectivity index (χ4v) is 3.43. The van der Waals surface area contributed by atoms with Gasteiger partial charge in [0.05, 0.1) is 6.10 Å². The molecule has 142 valence electrons. The summed E-state index contributed by atoms with van der Waals surface area (Å²) in [6.07, 6.45) is 2.69. The summed E-state index contributed by atoms with van der Waals surface area (Å²) in [6, 6.07) is 18.1. The van der Waals surface area contributed by atoms with E-state index < -0.39 is 0 Å². The van der Waals surface area contributed by atoms with E-state index in [9.17, 15) is 5.11 Å².